The Balaban J connectivity index is 0. The van der Waals surface area contributed by atoms with Crippen molar-refractivity contribution in [2.24, 2.45) is 0 Å². The minimum atomic E-state index is -3.45. The number of rotatable bonds is 8. The molecule has 0 heterocycles. The molecule has 0 saturated carbocycles. The molecule has 0 aromatic carbocycles. The molecule has 0 rings (SSSR count). The fourth-order valence-corrected chi connectivity index (χ4v) is 1.95. The summed E-state index contributed by atoms with van der Waals surface area (Å²) in [5, 5.41) is 0. The van der Waals surface area contributed by atoms with E-state index < -0.39 is 7.82 Å². The van der Waals surface area contributed by atoms with Crippen molar-refractivity contribution in [3.05, 3.63) is 24.3 Å². The molecule has 0 unspecified atom stereocenters. The van der Waals surface area contributed by atoms with E-state index in [2.05, 4.69) is 13.2 Å². The Morgan fingerprint density at radius 3 is 1.69 bits per heavy atom. The molecular weight excluding hydrogens is 263 g/mol. The summed E-state index contributed by atoms with van der Waals surface area (Å²) in [5.41, 5.74) is 1.52. The molecule has 4 nitrogen and oxygen atoms in total. The molecule has 0 N–H and O–H groups in total. The van der Waals surface area contributed by atoms with Crippen molar-refractivity contribution in [2.75, 3.05) is 19.8 Å². The molecule has 0 aromatic rings. The largest absolute Gasteiger partial charge is 0.475 e. The van der Waals surface area contributed by atoms with Crippen molar-refractivity contribution in [3.8, 4) is 0 Å². The quantitative estimate of drug-likeness (QED) is 0.389. The molecule has 92 valence electrons. The summed E-state index contributed by atoms with van der Waals surface area (Å²) in [6.07, 6.45) is 0. The number of hydrogen-bond donors (Lipinski definition) is 0. The Hall–Kier alpha value is 0.304. The second-order valence-electron chi connectivity index (χ2n) is 3.33. The zero-order valence-corrected chi connectivity index (χ0v) is 12.6. The molecule has 6 heteroatoms. The maximum atomic E-state index is 11.9. The van der Waals surface area contributed by atoms with Gasteiger partial charge in [-0.1, -0.05) is 24.3 Å². The van der Waals surface area contributed by atoms with Gasteiger partial charge in [0.2, 0.25) is 0 Å². The number of hydrogen-bond acceptors (Lipinski definition) is 4. The SMILES string of the molecule is C=C(C)COP(=O)(OCC)OCC(=C)C.[Ti]. The van der Waals surface area contributed by atoms with Crippen LogP contribution in [0, 0.1) is 0 Å². The standard InChI is InChI=1S/C10H19O4P.Ti/c1-6-12-15(11,13-7-9(2)3)14-8-10(4)5;/h2,4,6-8H2,1,3,5H3;. The van der Waals surface area contributed by atoms with Gasteiger partial charge in [-0.3, -0.25) is 13.6 Å². The smallest absolute Gasteiger partial charge is 0.287 e. The zero-order chi connectivity index (χ0) is 11.9. The molecule has 0 atom stereocenters. The predicted octanol–water partition coefficient (Wildman–Crippen LogP) is 3.31. The van der Waals surface area contributed by atoms with Crippen LogP contribution in [0.3, 0.4) is 0 Å². The van der Waals surface area contributed by atoms with E-state index in [1.165, 1.54) is 0 Å². The third kappa shape index (κ3) is 9.52. The van der Waals surface area contributed by atoms with E-state index in [4.69, 9.17) is 13.6 Å². The summed E-state index contributed by atoms with van der Waals surface area (Å²) in [7, 11) is -3.45. The van der Waals surface area contributed by atoms with Crippen LogP contribution in [0.1, 0.15) is 20.8 Å². The minimum Gasteiger partial charge on any atom is -0.287 e. The van der Waals surface area contributed by atoms with Crippen molar-refractivity contribution in [3.63, 3.8) is 0 Å². The molecule has 0 aliphatic rings. The van der Waals surface area contributed by atoms with Gasteiger partial charge in [0.05, 0.1) is 19.8 Å². The predicted molar refractivity (Wildman–Crippen MR) is 60.8 cm³/mol. The first-order chi connectivity index (χ1) is 6.89. The Labute approximate surface area is 113 Å². The second-order valence-corrected chi connectivity index (χ2v) is 5.00. The second kappa shape index (κ2) is 9.35. The molecule has 0 bridgehead atoms. The molecule has 0 radical (unpaired) electrons. The van der Waals surface area contributed by atoms with Crippen LogP contribution in [-0.4, -0.2) is 19.8 Å². The van der Waals surface area contributed by atoms with E-state index in [0.717, 1.165) is 11.1 Å². The van der Waals surface area contributed by atoms with Crippen molar-refractivity contribution < 1.29 is 39.9 Å². The molecule has 0 spiro atoms. The average Bonchev–Trinajstić information content (AvgIpc) is 2.13. The van der Waals surface area contributed by atoms with Gasteiger partial charge < -0.3 is 0 Å². The normalized spacial score (nSPS) is 10.7. The van der Waals surface area contributed by atoms with E-state index in [1.807, 2.05) is 0 Å². The zero-order valence-electron chi connectivity index (χ0n) is 10.1. The Morgan fingerprint density at radius 1 is 1.06 bits per heavy atom. The van der Waals surface area contributed by atoms with E-state index >= 15 is 0 Å². The third-order valence-corrected chi connectivity index (χ3v) is 2.69. The fourth-order valence-electron chi connectivity index (χ4n) is 0.648. The van der Waals surface area contributed by atoms with Gasteiger partial charge in [-0.15, -0.1) is 0 Å². The van der Waals surface area contributed by atoms with Gasteiger partial charge in [-0.05, 0) is 20.8 Å². The fraction of sp³-hybridized carbons (Fsp3) is 0.600. The monoisotopic (exact) mass is 282 g/mol. The minimum absolute atomic E-state index is 0. The van der Waals surface area contributed by atoms with Crippen LogP contribution in [0.4, 0.5) is 0 Å². The first kappa shape index (κ1) is 18.7. The first-order valence-corrected chi connectivity index (χ1v) is 6.18. The van der Waals surface area contributed by atoms with E-state index in [9.17, 15) is 4.57 Å². The summed E-state index contributed by atoms with van der Waals surface area (Å²) >= 11 is 0. The number of phosphoric ester groups is 1. The average molecular weight is 282 g/mol. The van der Waals surface area contributed by atoms with Crippen LogP contribution >= 0.6 is 7.82 Å². The Morgan fingerprint density at radius 2 is 1.44 bits per heavy atom. The summed E-state index contributed by atoms with van der Waals surface area (Å²) in [4.78, 5) is 0. The van der Waals surface area contributed by atoms with Gasteiger partial charge in [0.25, 0.3) is 0 Å². The molecule has 0 aliphatic heterocycles. The molecule has 0 aliphatic carbocycles. The van der Waals surface area contributed by atoms with Crippen LogP contribution in [0.5, 0.6) is 0 Å². The van der Waals surface area contributed by atoms with Gasteiger partial charge >= 0.3 is 7.82 Å². The summed E-state index contributed by atoms with van der Waals surface area (Å²) in [5.74, 6) is 0. The third-order valence-electron chi connectivity index (χ3n) is 1.23. The molecule has 16 heavy (non-hydrogen) atoms. The maximum absolute atomic E-state index is 11.9. The summed E-state index contributed by atoms with van der Waals surface area (Å²) in [6, 6.07) is 0. The molecule has 0 fully saturated rings. The number of phosphoric acid groups is 1. The van der Waals surface area contributed by atoms with Gasteiger partial charge in [0.15, 0.2) is 0 Å². The molecule has 0 saturated heterocycles. The van der Waals surface area contributed by atoms with Gasteiger partial charge in [-0.2, -0.15) is 0 Å². The van der Waals surface area contributed by atoms with Crippen LogP contribution in [0.2, 0.25) is 0 Å². The Kier molecular flexibility index (Phi) is 10.9. The van der Waals surface area contributed by atoms with Crippen molar-refractivity contribution >= 4 is 7.82 Å². The van der Waals surface area contributed by atoms with E-state index in [-0.39, 0.29) is 41.5 Å². The summed E-state index contributed by atoms with van der Waals surface area (Å²) < 4.78 is 26.9. The van der Waals surface area contributed by atoms with Crippen molar-refractivity contribution in [2.45, 2.75) is 20.8 Å². The van der Waals surface area contributed by atoms with Gasteiger partial charge in [0.1, 0.15) is 0 Å². The van der Waals surface area contributed by atoms with Crippen LogP contribution in [0.25, 0.3) is 0 Å². The first-order valence-electron chi connectivity index (χ1n) is 4.72. The van der Waals surface area contributed by atoms with Crippen LogP contribution in [0.15, 0.2) is 24.3 Å². The molecule has 0 amide bonds. The summed E-state index contributed by atoms with van der Waals surface area (Å²) in [6.45, 7) is 13.1. The Bertz CT molecular complexity index is 256. The van der Waals surface area contributed by atoms with Crippen LogP contribution < -0.4 is 0 Å². The van der Waals surface area contributed by atoms with E-state index in [1.54, 1.807) is 20.8 Å². The van der Waals surface area contributed by atoms with Gasteiger partial charge in [0, 0.05) is 21.7 Å². The maximum Gasteiger partial charge on any atom is 0.475 e. The topological polar surface area (TPSA) is 44.8 Å². The molecular formula is C10H19O4PTi. The van der Waals surface area contributed by atoms with Crippen molar-refractivity contribution in [1.82, 2.24) is 0 Å². The van der Waals surface area contributed by atoms with Gasteiger partial charge in [-0.25, -0.2) is 4.57 Å². The van der Waals surface area contributed by atoms with Crippen LogP contribution in [-0.2, 0) is 39.9 Å². The van der Waals surface area contributed by atoms with E-state index in [0.29, 0.717) is 0 Å². The van der Waals surface area contributed by atoms with Crippen molar-refractivity contribution in [1.29, 1.82) is 0 Å². The molecule has 0 aromatic heterocycles.